The first-order valence-electron chi connectivity index (χ1n) is 13.8. The smallest absolute Gasteiger partial charge is 0.272 e. The molecule has 0 N–H and O–H groups in total. The van der Waals surface area contributed by atoms with Crippen molar-refractivity contribution < 1.29 is 9.85 Å². The molecule has 2 aliphatic heterocycles. The van der Waals surface area contributed by atoms with Crippen LogP contribution < -0.4 is 9.80 Å². The molecule has 0 aromatic heterocycles. The predicted octanol–water partition coefficient (Wildman–Crippen LogP) is 5.71. The Hall–Kier alpha value is -3.24. The molecule has 2 aromatic carbocycles. The van der Waals surface area contributed by atoms with Crippen molar-refractivity contribution in [3.05, 3.63) is 67.8 Å². The lowest BCUT2D eigenvalue weighted by Gasteiger charge is -2.30. The normalized spacial score (nSPS) is 19.1. The van der Waals surface area contributed by atoms with E-state index in [1.807, 2.05) is 24.3 Å². The Morgan fingerprint density at radius 1 is 0.692 bits per heavy atom. The van der Waals surface area contributed by atoms with Crippen LogP contribution in [0.1, 0.15) is 58.1 Å². The number of unbranched alkanes of at least 4 members (excludes halogenated alkanes) is 2. The maximum atomic E-state index is 11.2. The van der Waals surface area contributed by atoms with E-state index in [1.54, 1.807) is 26.0 Å². The number of rotatable bonds is 10. The molecule has 0 aliphatic carbocycles. The molecule has 0 radical (unpaired) electrons. The maximum absolute atomic E-state index is 11.2. The fourth-order valence-electron chi connectivity index (χ4n) is 5.99. The zero-order valence-corrected chi connectivity index (χ0v) is 24.1. The Morgan fingerprint density at radius 3 is 1.41 bits per heavy atom. The van der Waals surface area contributed by atoms with Crippen LogP contribution in [0.2, 0.25) is 0 Å². The van der Waals surface area contributed by atoms with Crippen LogP contribution in [-0.2, 0) is 0 Å². The molecule has 2 saturated heterocycles. The molecule has 0 spiro atoms. The van der Waals surface area contributed by atoms with E-state index in [-0.39, 0.29) is 32.3 Å². The van der Waals surface area contributed by atoms with Crippen molar-refractivity contribution in [2.24, 2.45) is 0 Å². The number of anilines is 2. The first kappa shape index (κ1) is 28.8. The molecule has 0 bridgehead atoms. The zero-order chi connectivity index (χ0) is 28.5. The second-order valence-electron chi connectivity index (χ2n) is 12.3. The third kappa shape index (κ3) is 6.33. The summed E-state index contributed by atoms with van der Waals surface area (Å²) in [4.78, 5) is 31.4. The van der Waals surface area contributed by atoms with Crippen LogP contribution in [0.15, 0.2) is 36.4 Å². The second-order valence-corrected chi connectivity index (χ2v) is 12.3. The number of nitrogens with zero attached hydrogens (tertiary/aromatic N) is 6. The highest BCUT2D eigenvalue weighted by atomic mass is 16.6. The number of hydrogen-bond acceptors (Lipinski definition) is 8. The van der Waals surface area contributed by atoms with Crippen LogP contribution in [0.3, 0.4) is 0 Å². The second kappa shape index (κ2) is 11.1. The number of nitro benzene ring substituents is 2. The summed E-state index contributed by atoms with van der Waals surface area (Å²) in [5.74, 6) is 0. The summed E-state index contributed by atoms with van der Waals surface area (Å²) in [6.07, 6.45) is 3.39. The van der Waals surface area contributed by atoms with E-state index in [1.165, 1.54) is 0 Å². The average Bonchev–Trinajstić information content (AvgIpc) is 3.32. The van der Waals surface area contributed by atoms with Gasteiger partial charge in [0.15, 0.2) is 0 Å². The Kier molecular flexibility index (Phi) is 8.18. The minimum Gasteiger partial charge on any atom is -0.357 e. The van der Waals surface area contributed by atoms with Crippen molar-refractivity contribution >= 4 is 22.7 Å². The van der Waals surface area contributed by atoms with Crippen LogP contribution in [0, 0.1) is 34.1 Å². The van der Waals surface area contributed by atoms with Gasteiger partial charge in [-0.05, 0) is 78.6 Å². The molecule has 2 aromatic rings. The Bertz CT molecular complexity index is 1140. The molecule has 212 valence electrons. The topological polar surface area (TPSA) is 99.2 Å². The minimum absolute atomic E-state index is 0.0377. The largest absolute Gasteiger partial charge is 0.357 e. The minimum atomic E-state index is -0.323. The van der Waals surface area contributed by atoms with E-state index in [2.05, 4.69) is 47.3 Å². The lowest BCUT2D eigenvalue weighted by Crippen LogP contribution is -2.41. The highest BCUT2D eigenvalue weighted by Crippen LogP contribution is 2.33. The first-order chi connectivity index (χ1) is 18.3. The number of aryl methyl sites for hydroxylation is 2. The van der Waals surface area contributed by atoms with Crippen LogP contribution >= 0.6 is 0 Å². The van der Waals surface area contributed by atoms with Gasteiger partial charge in [-0.3, -0.25) is 30.0 Å². The molecular weight excluding hydrogens is 496 g/mol. The van der Waals surface area contributed by atoms with Crippen molar-refractivity contribution in [2.45, 2.75) is 71.9 Å². The van der Waals surface area contributed by atoms with Gasteiger partial charge in [0.1, 0.15) is 0 Å². The molecule has 0 atom stereocenters. The zero-order valence-electron chi connectivity index (χ0n) is 24.1. The third-order valence-corrected chi connectivity index (χ3v) is 8.39. The molecule has 0 saturated carbocycles. The summed E-state index contributed by atoms with van der Waals surface area (Å²) in [6.45, 7) is 18.2. The fourth-order valence-corrected chi connectivity index (χ4v) is 5.99. The quantitative estimate of drug-likeness (QED) is 0.216. The molecule has 4 rings (SSSR count). The summed E-state index contributed by atoms with van der Waals surface area (Å²) in [7, 11) is 0. The third-order valence-electron chi connectivity index (χ3n) is 8.39. The molecule has 39 heavy (non-hydrogen) atoms. The fraction of sp³-hybridized carbons (Fsp3) is 0.586. The van der Waals surface area contributed by atoms with Crippen LogP contribution in [0.5, 0.6) is 0 Å². The molecule has 10 nitrogen and oxygen atoms in total. The summed E-state index contributed by atoms with van der Waals surface area (Å²) in [5, 5.41) is 22.4. The Balaban J connectivity index is 1.26. The van der Waals surface area contributed by atoms with Crippen molar-refractivity contribution in [2.75, 3.05) is 49.3 Å². The number of hydrogen-bond donors (Lipinski definition) is 0. The summed E-state index contributed by atoms with van der Waals surface area (Å²) in [5.41, 5.74) is 3.88. The van der Waals surface area contributed by atoms with Gasteiger partial charge < -0.3 is 9.80 Å². The summed E-state index contributed by atoms with van der Waals surface area (Å²) in [6, 6.07) is 10.8. The van der Waals surface area contributed by atoms with Crippen molar-refractivity contribution in [1.82, 2.24) is 9.80 Å². The van der Waals surface area contributed by atoms with E-state index in [9.17, 15) is 20.2 Å². The average molecular weight is 539 g/mol. The van der Waals surface area contributed by atoms with Gasteiger partial charge in [0.2, 0.25) is 0 Å². The molecule has 10 heteroatoms. The monoisotopic (exact) mass is 538 g/mol. The Labute approximate surface area is 231 Å². The van der Waals surface area contributed by atoms with Gasteiger partial charge in [-0.25, -0.2) is 0 Å². The molecule has 2 aliphatic rings. The van der Waals surface area contributed by atoms with Gasteiger partial charge in [0.25, 0.3) is 11.4 Å². The van der Waals surface area contributed by atoms with Gasteiger partial charge in [-0.1, -0.05) is 6.42 Å². The Morgan fingerprint density at radius 2 is 1.08 bits per heavy atom. The first-order valence-corrected chi connectivity index (χ1v) is 13.8. The lowest BCUT2D eigenvalue weighted by molar-refractivity contribution is -0.385. The van der Waals surface area contributed by atoms with Crippen molar-refractivity contribution in [1.29, 1.82) is 0 Å². The van der Waals surface area contributed by atoms with Gasteiger partial charge in [-0.15, -0.1) is 0 Å². The SMILES string of the molecule is Cc1cc(N2CN(CCCCCN3CN(c4ccc([N+](=O)[O-])c(C)c4)CC3(C)C)C(C)(C)C2)ccc1[N+](=O)[O-]. The summed E-state index contributed by atoms with van der Waals surface area (Å²) >= 11 is 0. The van der Waals surface area contributed by atoms with E-state index < -0.39 is 0 Å². The lowest BCUT2D eigenvalue weighted by atomic mass is 10.0. The van der Waals surface area contributed by atoms with E-state index in [0.29, 0.717) is 11.1 Å². The standard InChI is InChI=1S/C29H42N6O4/c1-22-16-24(10-12-26(22)34(36)37)30-18-28(3,4)32(20-30)14-8-7-9-15-33-21-31(19-29(33,5)6)25-11-13-27(35(38)39)23(2)17-25/h10-13,16-17H,7-9,14-15,18-21H2,1-6H3. The predicted molar refractivity (Wildman–Crippen MR) is 156 cm³/mol. The molecular formula is C29H42N6O4. The molecule has 2 heterocycles. The highest BCUT2D eigenvalue weighted by Gasteiger charge is 2.38. The van der Waals surface area contributed by atoms with E-state index in [4.69, 9.17) is 0 Å². The number of benzene rings is 2. The van der Waals surface area contributed by atoms with Gasteiger partial charge in [-0.2, -0.15) is 0 Å². The van der Waals surface area contributed by atoms with E-state index in [0.717, 1.165) is 70.2 Å². The number of nitro groups is 2. The van der Waals surface area contributed by atoms with Gasteiger partial charge in [0, 0.05) is 71.9 Å². The van der Waals surface area contributed by atoms with Crippen LogP contribution in [0.25, 0.3) is 0 Å². The molecule has 0 amide bonds. The maximum Gasteiger partial charge on any atom is 0.272 e. The highest BCUT2D eigenvalue weighted by molar-refractivity contribution is 5.57. The van der Waals surface area contributed by atoms with Crippen LogP contribution in [0.4, 0.5) is 22.7 Å². The summed E-state index contributed by atoms with van der Waals surface area (Å²) < 4.78 is 0. The van der Waals surface area contributed by atoms with E-state index >= 15 is 0 Å². The molecule has 0 unspecified atom stereocenters. The van der Waals surface area contributed by atoms with Crippen molar-refractivity contribution in [3.63, 3.8) is 0 Å². The van der Waals surface area contributed by atoms with Crippen LogP contribution in [-0.4, -0.2) is 70.2 Å². The van der Waals surface area contributed by atoms with Gasteiger partial charge >= 0.3 is 0 Å². The van der Waals surface area contributed by atoms with Crippen molar-refractivity contribution in [3.8, 4) is 0 Å². The van der Waals surface area contributed by atoms with Gasteiger partial charge in [0.05, 0.1) is 23.2 Å². The molecule has 2 fully saturated rings.